The zero-order valence-corrected chi connectivity index (χ0v) is 12.0. The van der Waals surface area contributed by atoms with Gasteiger partial charge in [-0.2, -0.15) is 0 Å². The highest BCUT2D eigenvalue weighted by Gasteiger charge is 2.12. The Bertz CT molecular complexity index is 677. The lowest BCUT2D eigenvalue weighted by atomic mass is 9.99. The van der Waals surface area contributed by atoms with Crippen molar-refractivity contribution in [3.63, 3.8) is 0 Å². The molecule has 3 rings (SSSR count). The van der Waals surface area contributed by atoms with Crippen molar-refractivity contribution < 1.29 is 9.84 Å². The van der Waals surface area contributed by atoms with E-state index >= 15 is 0 Å². The molecule has 0 heterocycles. The van der Waals surface area contributed by atoms with Crippen LogP contribution in [0.15, 0.2) is 60.7 Å². The van der Waals surface area contributed by atoms with Crippen LogP contribution in [0.25, 0.3) is 11.1 Å². The second kappa shape index (κ2) is 5.88. The fourth-order valence-electron chi connectivity index (χ4n) is 2.53. The maximum Gasteiger partial charge on any atom is 0.119 e. The third-order valence-corrected chi connectivity index (χ3v) is 3.64. The van der Waals surface area contributed by atoms with Crippen molar-refractivity contribution in [2.75, 3.05) is 6.61 Å². The van der Waals surface area contributed by atoms with Gasteiger partial charge in [0.05, 0.1) is 6.61 Å². The number of hydrogen-bond acceptors (Lipinski definition) is 2. The first kappa shape index (κ1) is 13.5. The summed E-state index contributed by atoms with van der Waals surface area (Å²) in [5, 5.41) is 9.35. The van der Waals surface area contributed by atoms with Crippen LogP contribution >= 0.6 is 0 Å². The molecule has 2 aromatic carbocycles. The van der Waals surface area contributed by atoms with Gasteiger partial charge in [-0.15, -0.1) is 0 Å². The highest BCUT2D eigenvalue weighted by atomic mass is 16.5. The van der Waals surface area contributed by atoms with Gasteiger partial charge >= 0.3 is 0 Å². The highest BCUT2D eigenvalue weighted by molar-refractivity contribution is 5.86. The monoisotopic (exact) mass is 278 g/mol. The van der Waals surface area contributed by atoms with Gasteiger partial charge in [0.1, 0.15) is 11.5 Å². The van der Waals surface area contributed by atoms with Gasteiger partial charge in [-0.25, -0.2) is 0 Å². The SMILES string of the molecule is CCOc1ccc(C2=CC=C(c3ccc(O)cc3)C2)cc1. The van der Waals surface area contributed by atoms with Crippen molar-refractivity contribution >= 4 is 11.1 Å². The Morgan fingerprint density at radius 3 is 1.90 bits per heavy atom. The van der Waals surface area contributed by atoms with E-state index in [4.69, 9.17) is 4.74 Å². The number of phenols is 1. The molecular formula is C19H18O2. The van der Waals surface area contributed by atoms with E-state index in [0.29, 0.717) is 12.4 Å². The van der Waals surface area contributed by atoms with Crippen molar-refractivity contribution in [3.8, 4) is 11.5 Å². The zero-order chi connectivity index (χ0) is 14.7. The van der Waals surface area contributed by atoms with Crippen LogP contribution in [0.3, 0.4) is 0 Å². The summed E-state index contributed by atoms with van der Waals surface area (Å²) in [4.78, 5) is 0. The van der Waals surface area contributed by atoms with Crippen LogP contribution in [-0.2, 0) is 0 Å². The molecule has 0 unspecified atom stereocenters. The van der Waals surface area contributed by atoms with Gasteiger partial charge in [0, 0.05) is 0 Å². The fourth-order valence-corrected chi connectivity index (χ4v) is 2.53. The Kier molecular flexibility index (Phi) is 3.78. The number of aromatic hydroxyl groups is 1. The minimum absolute atomic E-state index is 0.303. The Balaban J connectivity index is 1.71. The Labute approximate surface area is 125 Å². The van der Waals surface area contributed by atoms with Crippen LogP contribution in [0.2, 0.25) is 0 Å². The molecule has 0 aromatic heterocycles. The second-order valence-corrected chi connectivity index (χ2v) is 5.06. The van der Waals surface area contributed by atoms with E-state index in [1.54, 1.807) is 12.1 Å². The largest absolute Gasteiger partial charge is 0.508 e. The van der Waals surface area contributed by atoms with Crippen molar-refractivity contribution in [3.05, 3.63) is 71.8 Å². The molecule has 0 fully saturated rings. The molecule has 0 amide bonds. The average molecular weight is 278 g/mol. The number of ether oxygens (including phenoxy) is 1. The lowest BCUT2D eigenvalue weighted by molar-refractivity contribution is 0.340. The molecule has 1 aliphatic carbocycles. The van der Waals surface area contributed by atoms with Crippen LogP contribution < -0.4 is 4.74 Å². The minimum Gasteiger partial charge on any atom is -0.508 e. The fraction of sp³-hybridized carbons (Fsp3) is 0.158. The molecule has 1 aliphatic rings. The van der Waals surface area contributed by atoms with Crippen LogP contribution in [0.5, 0.6) is 11.5 Å². The lowest BCUT2D eigenvalue weighted by Crippen LogP contribution is -1.91. The molecule has 0 radical (unpaired) electrons. The molecule has 2 heteroatoms. The summed E-state index contributed by atoms with van der Waals surface area (Å²) in [7, 11) is 0. The average Bonchev–Trinajstić information content (AvgIpc) is 2.99. The normalized spacial score (nSPS) is 13.8. The van der Waals surface area contributed by atoms with E-state index in [2.05, 4.69) is 24.3 Å². The van der Waals surface area contributed by atoms with Crippen LogP contribution in [-0.4, -0.2) is 11.7 Å². The van der Waals surface area contributed by atoms with Gasteiger partial charge < -0.3 is 9.84 Å². The Morgan fingerprint density at radius 2 is 1.38 bits per heavy atom. The van der Waals surface area contributed by atoms with Crippen molar-refractivity contribution in [1.29, 1.82) is 0 Å². The Morgan fingerprint density at radius 1 is 0.857 bits per heavy atom. The summed E-state index contributed by atoms with van der Waals surface area (Å²) in [5.41, 5.74) is 4.97. The van der Waals surface area contributed by atoms with Crippen molar-refractivity contribution in [2.45, 2.75) is 13.3 Å². The van der Waals surface area contributed by atoms with Crippen LogP contribution in [0, 0.1) is 0 Å². The summed E-state index contributed by atoms with van der Waals surface area (Å²) in [5.74, 6) is 1.21. The minimum atomic E-state index is 0.303. The molecule has 106 valence electrons. The molecular weight excluding hydrogens is 260 g/mol. The number of allylic oxidation sites excluding steroid dienone is 4. The van der Waals surface area contributed by atoms with Gasteiger partial charge in [0.15, 0.2) is 0 Å². The van der Waals surface area contributed by atoms with Gasteiger partial charge in [-0.05, 0) is 59.9 Å². The number of hydrogen-bond donors (Lipinski definition) is 1. The second-order valence-electron chi connectivity index (χ2n) is 5.06. The third-order valence-electron chi connectivity index (χ3n) is 3.64. The van der Waals surface area contributed by atoms with E-state index in [1.807, 2.05) is 31.2 Å². The summed E-state index contributed by atoms with van der Waals surface area (Å²) in [6, 6.07) is 15.6. The number of phenolic OH excluding ortho intramolecular Hbond substituents is 1. The first-order valence-corrected chi connectivity index (χ1v) is 7.18. The van der Waals surface area contributed by atoms with E-state index in [1.165, 1.54) is 16.7 Å². The van der Waals surface area contributed by atoms with Crippen LogP contribution in [0.1, 0.15) is 24.5 Å². The van der Waals surface area contributed by atoms with Crippen LogP contribution in [0.4, 0.5) is 0 Å². The Hall–Kier alpha value is -2.48. The van der Waals surface area contributed by atoms with E-state index in [-0.39, 0.29) is 0 Å². The molecule has 1 N–H and O–H groups in total. The molecule has 21 heavy (non-hydrogen) atoms. The van der Waals surface area contributed by atoms with E-state index < -0.39 is 0 Å². The summed E-state index contributed by atoms with van der Waals surface area (Å²) in [6.45, 7) is 2.68. The zero-order valence-electron chi connectivity index (χ0n) is 12.0. The number of rotatable bonds is 4. The highest BCUT2D eigenvalue weighted by Crippen LogP contribution is 2.34. The first-order chi connectivity index (χ1) is 10.3. The van der Waals surface area contributed by atoms with E-state index in [9.17, 15) is 5.11 Å². The molecule has 2 nitrogen and oxygen atoms in total. The molecule has 2 aromatic rings. The smallest absolute Gasteiger partial charge is 0.119 e. The summed E-state index contributed by atoms with van der Waals surface area (Å²) >= 11 is 0. The third kappa shape index (κ3) is 3.00. The quantitative estimate of drug-likeness (QED) is 0.881. The summed E-state index contributed by atoms with van der Waals surface area (Å²) < 4.78 is 5.47. The van der Waals surface area contributed by atoms with Gasteiger partial charge in [0.2, 0.25) is 0 Å². The van der Waals surface area contributed by atoms with Crippen molar-refractivity contribution in [1.82, 2.24) is 0 Å². The first-order valence-electron chi connectivity index (χ1n) is 7.18. The molecule has 0 atom stereocenters. The van der Waals surface area contributed by atoms with Gasteiger partial charge in [-0.1, -0.05) is 36.4 Å². The van der Waals surface area contributed by atoms with Gasteiger partial charge in [-0.3, -0.25) is 0 Å². The predicted octanol–water partition coefficient (Wildman–Crippen LogP) is 4.66. The van der Waals surface area contributed by atoms with Gasteiger partial charge in [0.25, 0.3) is 0 Å². The van der Waals surface area contributed by atoms with E-state index in [0.717, 1.165) is 17.7 Å². The molecule has 0 spiro atoms. The predicted molar refractivity (Wildman–Crippen MR) is 86.3 cm³/mol. The summed E-state index contributed by atoms with van der Waals surface area (Å²) in [6.07, 6.45) is 5.23. The molecule has 0 saturated carbocycles. The standard InChI is InChI=1S/C19H18O2/c1-2-21-19-11-7-15(8-12-19)17-4-3-16(13-17)14-5-9-18(20)10-6-14/h3-12,20H,2,13H2,1H3. The number of benzene rings is 2. The molecule has 0 aliphatic heterocycles. The lowest BCUT2D eigenvalue weighted by Gasteiger charge is -2.08. The molecule has 0 saturated heterocycles. The topological polar surface area (TPSA) is 29.5 Å². The maximum atomic E-state index is 9.35. The maximum absolute atomic E-state index is 9.35. The van der Waals surface area contributed by atoms with Crippen molar-refractivity contribution in [2.24, 2.45) is 0 Å². The molecule has 0 bridgehead atoms.